The maximum atomic E-state index is 5.96. The van der Waals surface area contributed by atoms with Gasteiger partial charge in [-0.2, -0.15) is 0 Å². The van der Waals surface area contributed by atoms with E-state index in [0.29, 0.717) is 6.04 Å². The molecule has 0 aromatic heterocycles. The van der Waals surface area contributed by atoms with Crippen LogP contribution >= 0.6 is 0 Å². The van der Waals surface area contributed by atoms with Crippen LogP contribution in [-0.2, 0) is 0 Å². The third-order valence-electron chi connectivity index (χ3n) is 4.36. The second kappa shape index (κ2) is 6.61. The van der Waals surface area contributed by atoms with Crippen molar-refractivity contribution in [2.24, 2.45) is 11.7 Å². The molecule has 1 saturated carbocycles. The zero-order valence-corrected chi connectivity index (χ0v) is 10.7. The Balaban J connectivity index is 1.70. The van der Waals surface area contributed by atoms with Crippen LogP contribution in [0.25, 0.3) is 0 Å². The van der Waals surface area contributed by atoms with E-state index in [2.05, 4.69) is 4.90 Å². The number of hydrogen-bond acceptors (Lipinski definition) is 2. The molecule has 0 spiro atoms. The summed E-state index contributed by atoms with van der Waals surface area (Å²) in [4.78, 5) is 2.72. The van der Waals surface area contributed by atoms with Gasteiger partial charge in [-0.05, 0) is 57.5 Å². The normalized spacial score (nSPS) is 34.3. The molecule has 1 saturated heterocycles. The molecule has 0 radical (unpaired) electrons. The molecular formula is C14H28N2. The lowest BCUT2D eigenvalue weighted by Crippen LogP contribution is -2.36. The molecule has 2 heteroatoms. The van der Waals surface area contributed by atoms with Crippen molar-refractivity contribution in [2.75, 3.05) is 19.6 Å². The lowest BCUT2D eigenvalue weighted by Gasteiger charge is -2.32. The van der Waals surface area contributed by atoms with Gasteiger partial charge in [0.25, 0.3) is 0 Å². The third-order valence-corrected chi connectivity index (χ3v) is 4.36. The zero-order valence-electron chi connectivity index (χ0n) is 10.7. The number of nitrogens with two attached hydrogens (primary N) is 1. The fourth-order valence-corrected chi connectivity index (χ4v) is 3.23. The van der Waals surface area contributed by atoms with Gasteiger partial charge in [0, 0.05) is 12.6 Å². The molecule has 2 fully saturated rings. The van der Waals surface area contributed by atoms with E-state index in [1.165, 1.54) is 77.4 Å². The van der Waals surface area contributed by atoms with E-state index in [4.69, 9.17) is 5.73 Å². The Hall–Kier alpha value is -0.0800. The second-order valence-corrected chi connectivity index (χ2v) is 5.85. The maximum Gasteiger partial charge on any atom is 0.00390 e. The topological polar surface area (TPSA) is 29.3 Å². The summed E-state index contributed by atoms with van der Waals surface area (Å²) in [5.41, 5.74) is 5.96. The van der Waals surface area contributed by atoms with Crippen LogP contribution in [-0.4, -0.2) is 30.6 Å². The third kappa shape index (κ3) is 4.06. The second-order valence-electron chi connectivity index (χ2n) is 5.85. The molecule has 2 nitrogen and oxygen atoms in total. The van der Waals surface area contributed by atoms with Crippen LogP contribution in [0.3, 0.4) is 0 Å². The van der Waals surface area contributed by atoms with Gasteiger partial charge in [0.1, 0.15) is 0 Å². The first-order chi connectivity index (χ1) is 7.84. The van der Waals surface area contributed by atoms with Gasteiger partial charge in [-0.25, -0.2) is 0 Å². The first kappa shape index (κ1) is 12.4. The molecule has 1 heterocycles. The Bertz CT molecular complexity index is 177. The average Bonchev–Trinajstić information content (AvgIpc) is 2.25. The summed E-state index contributed by atoms with van der Waals surface area (Å²) < 4.78 is 0. The first-order valence-corrected chi connectivity index (χ1v) is 7.32. The first-order valence-electron chi connectivity index (χ1n) is 7.32. The molecule has 16 heavy (non-hydrogen) atoms. The molecule has 2 aliphatic rings. The lowest BCUT2D eigenvalue weighted by molar-refractivity contribution is 0.182. The summed E-state index contributed by atoms with van der Waals surface area (Å²) in [6, 6.07) is 0.503. The quantitative estimate of drug-likeness (QED) is 0.781. The van der Waals surface area contributed by atoms with E-state index in [9.17, 15) is 0 Å². The number of hydrogen-bond donors (Lipinski definition) is 1. The lowest BCUT2D eigenvalue weighted by atomic mass is 9.86. The molecule has 0 aromatic carbocycles. The van der Waals surface area contributed by atoms with Crippen molar-refractivity contribution in [3.05, 3.63) is 0 Å². The Morgan fingerprint density at radius 1 is 0.812 bits per heavy atom. The van der Waals surface area contributed by atoms with Gasteiger partial charge in [0.2, 0.25) is 0 Å². The standard InChI is InChI=1S/C14H28N2/c15-14-8-6-13(7-9-14)12-16-10-4-2-1-3-5-11-16/h13-14H,1-12,15H2. The van der Waals surface area contributed by atoms with Crippen LogP contribution in [0.1, 0.15) is 57.8 Å². The van der Waals surface area contributed by atoms with Crippen molar-refractivity contribution < 1.29 is 0 Å². The molecule has 94 valence electrons. The molecule has 0 unspecified atom stereocenters. The SMILES string of the molecule is NC1CCC(CN2CCCCCCC2)CC1. The summed E-state index contributed by atoms with van der Waals surface area (Å²) >= 11 is 0. The van der Waals surface area contributed by atoms with E-state index in [1.807, 2.05) is 0 Å². The summed E-state index contributed by atoms with van der Waals surface area (Å²) in [6.45, 7) is 4.05. The van der Waals surface area contributed by atoms with Crippen LogP contribution < -0.4 is 5.73 Å². The van der Waals surface area contributed by atoms with Crippen molar-refractivity contribution in [1.29, 1.82) is 0 Å². The highest BCUT2D eigenvalue weighted by molar-refractivity contribution is 4.77. The molecule has 1 aliphatic carbocycles. The van der Waals surface area contributed by atoms with Crippen LogP contribution in [0.5, 0.6) is 0 Å². The minimum absolute atomic E-state index is 0.503. The van der Waals surface area contributed by atoms with E-state index in [1.54, 1.807) is 0 Å². The Labute approximate surface area is 101 Å². The monoisotopic (exact) mass is 224 g/mol. The minimum atomic E-state index is 0.503. The smallest absolute Gasteiger partial charge is 0.00390 e. The molecule has 0 aromatic rings. The highest BCUT2D eigenvalue weighted by atomic mass is 15.1. The minimum Gasteiger partial charge on any atom is -0.328 e. The van der Waals surface area contributed by atoms with Crippen molar-refractivity contribution in [1.82, 2.24) is 4.90 Å². The van der Waals surface area contributed by atoms with E-state index in [0.717, 1.165) is 5.92 Å². The van der Waals surface area contributed by atoms with Crippen LogP contribution in [0.2, 0.25) is 0 Å². The largest absolute Gasteiger partial charge is 0.328 e. The number of nitrogens with zero attached hydrogens (tertiary/aromatic N) is 1. The summed E-state index contributed by atoms with van der Waals surface area (Å²) in [5.74, 6) is 0.944. The molecule has 0 bridgehead atoms. The van der Waals surface area contributed by atoms with Gasteiger partial charge in [-0.3, -0.25) is 0 Å². The molecular weight excluding hydrogens is 196 g/mol. The predicted octanol–water partition coefficient (Wildman–Crippen LogP) is 2.77. The summed E-state index contributed by atoms with van der Waals surface area (Å²) in [6.07, 6.45) is 12.5. The van der Waals surface area contributed by atoms with Gasteiger partial charge < -0.3 is 10.6 Å². The number of likely N-dealkylation sites (tertiary alicyclic amines) is 1. The predicted molar refractivity (Wildman–Crippen MR) is 69.5 cm³/mol. The van der Waals surface area contributed by atoms with E-state index < -0.39 is 0 Å². The van der Waals surface area contributed by atoms with Gasteiger partial charge >= 0.3 is 0 Å². The summed E-state index contributed by atoms with van der Waals surface area (Å²) in [5, 5.41) is 0. The van der Waals surface area contributed by atoms with Crippen LogP contribution in [0, 0.1) is 5.92 Å². The van der Waals surface area contributed by atoms with Gasteiger partial charge in [-0.1, -0.05) is 19.3 Å². The highest BCUT2D eigenvalue weighted by Crippen LogP contribution is 2.24. The van der Waals surface area contributed by atoms with Crippen molar-refractivity contribution in [3.8, 4) is 0 Å². The molecule has 0 amide bonds. The maximum absolute atomic E-state index is 5.96. The Morgan fingerprint density at radius 3 is 2.00 bits per heavy atom. The van der Waals surface area contributed by atoms with E-state index >= 15 is 0 Å². The zero-order chi connectivity index (χ0) is 11.2. The van der Waals surface area contributed by atoms with E-state index in [-0.39, 0.29) is 0 Å². The molecule has 0 atom stereocenters. The van der Waals surface area contributed by atoms with Crippen molar-refractivity contribution in [3.63, 3.8) is 0 Å². The molecule has 2 rings (SSSR count). The fraction of sp³-hybridized carbons (Fsp3) is 1.00. The molecule has 2 N–H and O–H groups in total. The molecule has 1 aliphatic heterocycles. The number of rotatable bonds is 2. The Morgan fingerprint density at radius 2 is 1.38 bits per heavy atom. The average molecular weight is 224 g/mol. The van der Waals surface area contributed by atoms with Gasteiger partial charge in [0.05, 0.1) is 0 Å². The van der Waals surface area contributed by atoms with Gasteiger partial charge in [0.15, 0.2) is 0 Å². The summed E-state index contributed by atoms with van der Waals surface area (Å²) in [7, 11) is 0. The highest BCUT2D eigenvalue weighted by Gasteiger charge is 2.20. The van der Waals surface area contributed by atoms with Gasteiger partial charge in [-0.15, -0.1) is 0 Å². The fourth-order valence-electron chi connectivity index (χ4n) is 3.23. The van der Waals surface area contributed by atoms with Crippen LogP contribution in [0.4, 0.5) is 0 Å². The van der Waals surface area contributed by atoms with Crippen molar-refractivity contribution >= 4 is 0 Å². The van der Waals surface area contributed by atoms with Crippen LogP contribution in [0.15, 0.2) is 0 Å². The van der Waals surface area contributed by atoms with Crippen molar-refractivity contribution in [2.45, 2.75) is 63.8 Å². The Kier molecular flexibility index (Phi) is 5.11.